The second-order valence-electron chi connectivity index (χ2n) is 9.38. The Balaban J connectivity index is 0.000000566. The number of phenols is 2. The predicted octanol–water partition coefficient (Wildman–Crippen LogP) is 0.147. The third-order valence-corrected chi connectivity index (χ3v) is 6.08. The number of aliphatic hydroxyl groups excluding tert-OH is 1. The lowest BCUT2D eigenvalue weighted by Crippen LogP contribution is -2.59. The number of hydrogen-bond acceptors (Lipinski definition) is 14. The summed E-state index contributed by atoms with van der Waals surface area (Å²) in [6, 6.07) is 12.1. The van der Waals surface area contributed by atoms with Crippen LogP contribution in [0.4, 0.5) is 0 Å². The number of aliphatic hydroxyl groups is 2. The molecule has 5 rings (SSSR count). The molecule has 0 aromatic heterocycles. The van der Waals surface area contributed by atoms with E-state index in [-0.39, 0.29) is 41.9 Å². The fourth-order valence-electron chi connectivity index (χ4n) is 4.26. The van der Waals surface area contributed by atoms with E-state index < -0.39 is 48.1 Å². The van der Waals surface area contributed by atoms with Gasteiger partial charge >= 0.3 is 0 Å². The summed E-state index contributed by atoms with van der Waals surface area (Å²) in [4.78, 5) is 45.6. The molecule has 1 unspecified atom stereocenters. The number of nitrogens with zero attached hydrogens (tertiary/aromatic N) is 4. The molecule has 16 heteroatoms. The molecule has 4 atom stereocenters. The van der Waals surface area contributed by atoms with Crippen LogP contribution >= 0.6 is 0 Å². The second kappa shape index (κ2) is 13.4. The van der Waals surface area contributed by atoms with Crippen LogP contribution in [0.5, 0.6) is 17.2 Å². The monoisotopic (exact) mass is 601 g/mol. The Morgan fingerprint density at radius 2 is 1.72 bits per heavy atom. The molecule has 0 saturated carbocycles. The van der Waals surface area contributed by atoms with Crippen molar-refractivity contribution in [3.8, 4) is 17.2 Å². The van der Waals surface area contributed by atoms with Crippen molar-refractivity contribution >= 4 is 35.6 Å². The molecule has 16 nitrogen and oxygen atoms in total. The first-order valence-corrected chi connectivity index (χ1v) is 12.6. The van der Waals surface area contributed by atoms with Gasteiger partial charge in [0.25, 0.3) is 11.9 Å². The lowest BCUT2D eigenvalue weighted by molar-refractivity contribution is -0.185. The van der Waals surface area contributed by atoms with Gasteiger partial charge in [-0.15, -0.1) is 0 Å². The number of rotatable bonds is 6. The Kier molecular flexibility index (Phi) is 10.2. The van der Waals surface area contributed by atoms with Crippen molar-refractivity contribution in [1.82, 2.24) is 4.90 Å². The van der Waals surface area contributed by atoms with Crippen molar-refractivity contribution in [1.29, 1.82) is 0 Å². The maximum absolute atomic E-state index is 13.2. The fourth-order valence-corrected chi connectivity index (χ4v) is 4.26. The quantitative estimate of drug-likeness (QED) is 0.132. The Morgan fingerprint density at radius 3 is 2.33 bits per heavy atom. The summed E-state index contributed by atoms with van der Waals surface area (Å²) < 4.78 is 11.4. The van der Waals surface area contributed by atoms with Gasteiger partial charge in [0.05, 0.1) is 13.0 Å². The van der Waals surface area contributed by atoms with E-state index >= 15 is 0 Å². The van der Waals surface area contributed by atoms with Crippen LogP contribution in [-0.4, -0.2) is 108 Å². The van der Waals surface area contributed by atoms with Crippen LogP contribution < -0.4 is 10.5 Å². The van der Waals surface area contributed by atoms with Gasteiger partial charge in [0, 0.05) is 25.5 Å². The number of carbonyl (C=O) groups excluding carboxylic acids is 1. The average molecular weight is 602 g/mol. The van der Waals surface area contributed by atoms with Crippen LogP contribution in [0.3, 0.4) is 0 Å². The topological polar surface area (TPSA) is 257 Å². The molecular formula is C27H31N5O11. The number of ether oxygens (including phenoxy) is 2. The summed E-state index contributed by atoms with van der Waals surface area (Å²) in [5.41, 5.74) is 5.15. The maximum Gasteiger partial charge on any atom is 0.300 e. The highest BCUT2D eigenvalue weighted by Crippen LogP contribution is 2.40. The van der Waals surface area contributed by atoms with Crippen molar-refractivity contribution in [2.75, 3.05) is 13.3 Å². The number of ketones is 1. The van der Waals surface area contributed by atoms with E-state index in [1.807, 2.05) is 0 Å². The van der Waals surface area contributed by atoms with Gasteiger partial charge in [0.15, 0.2) is 17.3 Å². The molecule has 2 aromatic rings. The highest BCUT2D eigenvalue weighted by atomic mass is 16.7. The molecule has 2 aromatic carbocycles. The van der Waals surface area contributed by atoms with E-state index in [9.17, 15) is 25.2 Å². The molecule has 3 heterocycles. The number of carboxylic acid groups (broad SMARTS) is 2. The summed E-state index contributed by atoms with van der Waals surface area (Å²) in [7, 11) is 0. The number of phenolic OH excluding ortho intramolecular Hbond substituents is 2. The van der Waals surface area contributed by atoms with Crippen LogP contribution in [0.2, 0.25) is 0 Å². The van der Waals surface area contributed by atoms with Gasteiger partial charge in [-0.1, -0.05) is 30.3 Å². The molecule has 0 amide bonds. The molecule has 8 N–H and O–H groups in total. The number of aromatic hydroxyl groups is 2. The summed E-state index contributed by atoms with van der Waals surface area (Å²) in [5.74, 6) is -4.63. The second-order valence-corrected chi connectivity index (χ2v) is 9.38. The van der Waals surface area contributed by atoms with Gasteiger partial charge in [0.1, 0.15) is 36.8 Å². The smallest absolute Gasteiger partial charge is 0.300 e. The van der Waals surface area contributed by atoms with Crippen LogP contribution in [-0.2, 0) is 14.3 Å². The van der Waals surface area contributed by atoms with Crippen molar-refractivity contribution in [2.24, 2.45) is 20.7 Å². The van der Waals surface area contributed by atoms with Gasteiger partial charge in [-0.2, -0.15) is 0 Å². The van der Waals surface area contributed by atoms with Gasteiger partial charge in [-0.25, -0.2) is 9.98 Å². The summed E-state index contributed by atoms with van der Waals surface area (Å²) in [6.07, 6.45) is -1.08. The molecular weight excluding hydrogens is 570 g/mol. The summed E-state index contributed by atoms with van der Waals surface area (Å²) >= 11 is 0. The van der Waals surface area contributed by atoms with Gasteiger partial charge in [-0.05, 0) is 12.1 Å². The molecule has 43 heavy (non-hydrogen) atoms. The van der Waals surface area contributed by atoms with Crippen molar-refractivity contribution in [3.63, 3.8) is 0 Å². The van der Waals surface area contributed by atoms with Crippen molar-refractivity contribution < 1.29 is 54.5 Å². The Hall–Kier alpha value is -4.90. The predicted molar refractivity (Wildman–Crippen MR) is 150 cm³/mol. The van der Waals surface area contributed by atoms with Gasteiger partial charge in [-0.3, -0.25) is 25.1 Å². The number of carbonyl (C=O) groups is 3. The number of amidine groups is 1. The standard InChI is InChI=1S/C23H23N5O7.2C2H4O2/c24-23(20(32)13-4-2-1-3-5-13)19-21(25-11-27-23)28(12-26-19)18-9-22(33,17(10-29)34-18)35-16-8-14(30)6-7-15(16)31;2*1-2(3)4/h1-8,11,17-18,29-31,33H,9-10,12,24H2;2*1H3,(H,3,4)/t17-,18-,22-,23?;;/m1../s1. The number of Topliss-reactive ketones (excluding diaryl/α,β-unsaturated/α-hetero) is 1. The number of carboxylic acids is 2. The molecule has 1 saturated heterocycles. The van der Waals surface area contributed by atoms with Gasteiger partial charge < -0.3 is 45.0 Å². The largest absolute Gasteiger partial charge is 0.508 e. The molecule has 0 spiro atoms. The number of aliphatic carboxylic acids is 2. The molecule has 3 aliphatic heterocycles. The zero-order valence-electron chi connectivity index (χ0n) is 23.1. The zero-order chi connectivity index (χ0) is 31.9. The van der Waals surface area contributed by atoms with Crippen LogP contribution in [0.25, 0.3) is 0 Å². The molecule has 0 aliphatic carbocycles. The van der Waals surface area contributed by atoms with Crippen LogP contribution in [0, 0.1) is 0 Å². The molecule has 0 radical (unpaired) electrons. The minimum atomic E-state index is -2.06. The first-order chi connectivity index (χ1) is 20.2. The van der Waals surface area contributed by atoms with E-state index in [1.165, 1.54) is 18.5 Å². The number of benzene rings is 2. The normalized spacial score (nSPS) is 25.2. The van der Waals surface area contributed by atoms with Crippen LogP contribution in [0.15, 0.2) is 63.5 Å². The lowest BCUT2D eigenvalue weighted by Gasteiger charge is -2.30. The first-order valence-electron chi connectivity index (χ1n) is 12.6. The first kappa shape index (κ1) is 32.6. The number of hydrogen-bond donors (Lipinski definition) is 7. The summed E-state index contributed by atoms with van der Waals surface area (Å²) in [6.45, 7) is 1.57. The van der Waals surface area contributed by atoms with E-state index in [2.05, 4.69) is 15.0 Å². The zero-order valence-corrected chi connectivity index (χ0v) is 23.1. The van der Waals surface area contributed by atoms with Crippen molar-refractivity contribution in [2.45, 2.75) is 44.1 Å². The third kappa shape index (κ3) is 7.49. The Morgan fingerprint density at radius 1 is 1.09 bits per heavy atom. The third-order valence-electron chi connectivity index (χ3n) is 6.08. The minimum absolute atomic E-state index is 0.00875. The fraction of sp³-hybridized carbons (Fsp3) is 0.333. The molecule has 3 aliphatic rings. The minimum Gasteiger partial charge on any atom is -0.508 e. The highest BCUT2D eigenvalue weighted by Gasteiger charge is 2.55. The number of fused-ring (bicyclic) bond motifs is 1. The van der Waals surface area contributed by atoms with E-state index in [1.54, 1.807) is 35.2 Å². The maximum atomic E-state index is 13.2. The Bertz CT molecular complexity index is 1430. The number of aliphatic imine (C=N–C) groups is 3. The Labute approximate surface area is 244 Å². The SMILES string of the molecule is CC(=O)O.CC(=O)O.NC1(C(=O)c2ccccc2)N=CN=C2C1=NCN2[C@H]1C[C@@](O)(Oc2cc(O)ccc2O)[C@@H](CO)O1. The highest BCUT2D eigenvalue weighted by molar-refractivity contribution is 6.52. The molecule has 230 valence electrons. The van der Waals surface area contributed by atoms with Crippen LogP contribution in [0.1, 0.15) is 30.6 Å². The number of nitrogens with two attached hydrogens (primary N) is 1. The molecule has 1 fully saturated rings. The van der Waals surface area contributed by atoms with Crippen molar-refractivity contribution in [3.05, 3.63) is 54.1 Å². The van der Waals surface area contributed by atoms with E-state index in [0.717, 1.165) is 19.9 Å². The molecule has 0 bridgehead atoms. The summed E-state index contributed by atoms with van der Waals surface area (Å²) in [5, 5.41) is 55.6. The average Bonchev–Trinajstić information content (AvgIpc) is 3.52. The van der Waals surface area contributed by atoms with E-state index in [4.69, 9.17) is 35.0 Å². The van der Waals surface area contributed by atoms with E-state index in [0.29, 0.717) is 5.56 Å². The van der Waals surface area contributed by atoms with Gasteiger partial charge in [0.2, 0.25) is 17.2 Å². The lowest BCUT2D eigenvalue weighted by atomic mass is 9.93.